The molecule has 0 aromatic heterocycles. The Kier molecular flexibility index (Phi) is 9.47. The molecule has 3 aromatic rings. The van der Waals surface area contributed by atoms with E-state index in [0.717, 1.165) is 13.2 Å². The molecule has 22 heteroatoms. The molecule has 2 heterocycles. The summed E-state index contributed by atoms with van der Waals surface area (Å²) in [7, 11) is 1.11. The molecule has 302 valence electrons. The minimum Gasteiger partial charge on any atom is -0.504 e. The third kappa shape index (κ3) is 5.65. The summed E-state index contributed by atoms with van der Waals surface area (Å²) in [5.41, 5.74) is -7.11. The lowest BCUT2D eigenvalue weighted by atomic mass is 9.56. The molecule has 7 rings (SSSR count). The smallest absolute Gasteiger partial charge is 0.416 e. The molecule has 57 heavy (non-hydrogen) atoms. The van der Waals surface area contributed by atoms with Crippen molar-refractivity contribution in [2.75, 3.05) is 16.9 Å². The number of phenolic OH excluding ortho intramolecular Hbond substituents is 1. The van der Waals surface area contributed by atoms with Gasteiger partial charge in [-0.15, -0.1) is 23.2 Å². The van der Waals surface area contributed by atoms with E-state index >= 15 is 8.78 Å². The quantitative estimate of drug-likeness (QED) is 0.0536. The maximum Gasteiger partial charge on any atom is 0.416 e. The van der Waals surface area contributed by atoms with Crippen molar-refractivity contribution in [2.24, 2.45) is 17.8 Å². The number of halogens is 14. The van der Waals surface area contributed by atoms with E-state index in [1.54, 1.807) is 22.6 Å². The van der Waals surface area contributed by atoms with E-state index in [0.29, 0.717) is 0 Å². The first kappa shape index (κ1) is 41.0. The molecule has 4 amide bonds. The summed E-state index contributed by atoms with van der Waals surface area (Å²) in [5.74, 6) is -26.7. The molecule has 1 saturated carbocycles. The highest BCUT2D eigenvalue weighted by Crippen LogP contribution is 2.66. The summed E-state index contributed by atoms with van der Waals surface area (Å²) < 4.78 is 162. The first-order valence-corrected chi connectivity index (χ1v) is 17.9. The van der Waals surface area contributed by atoms with Gasteiger partial charge in [0, 0.05) is 5.92 Å². The highest BCUT2D eigenvalue weighted by atomic mass is 127. The van der Waals surface area contributed by atoms with Crippen LogP contribution in [0.3, 0.4) is 0 Å². The monoisotopic (exact) mass is 968 g/mol. The first-order valence-electron chi connectivity index (χ1n) is 16.0. The van der Waals surface area contributed by atoms with Gasteiger partial charge in [-0.1, -0.05) is 11.6 Å². The molecular weight excluding hydrogens is 951 g/mol. The summed E-state index contributed by atoms with van der Waals surface area (Å²) in [6.07, 6.45) is -11.0. The maximum atomic E-state index is 15.3. The van der Waals surface area contributed by atoms with Crippen molar-refractivity contribution in [3.8, 4) is 11.5 Å². The molecule has 6 atom stereocenters. The molecular formula is C35H18Cl2F11IN2O6. The zero-order chi connectivity index (χ0) is 42.2. The van der Waals surface area contributed by atoms with Crippen molar-refractivity contribution < 1.29 is 77.3 Å². The number of carbonyl (C=O) groups excluding carboxylic acids is 4. The van der Waals surface area contributed by atoms with Gasteiger partial charge in [0.1, 0.15) is 5.69 Å². The number of methoxy groups -OCH3 is 1. The van der Waals surface area contributed by atoms with Crippen LogP contribution in [-0.2, 0) is 31.5 Å². The van der Waals surface area contributed by atoms with Crippen LogP contribution in [-0.4, -0.2) is 45.6 Å². The molecule has 3 aromatic carbocycles. The van der Waals surface area contributed by atoms with Gasteiger partial charge in [-0.25, -0.2) is 31.8 Å². The Morgan fingerprint density at radius 2 is 1.32 bits per heavy atom. The van der Waals surface area contributed by atoms with E-state index in [9.17, 15) is 63.8 Å². The van der Waals surface area contributed by atoms with Crippen molar-refractivity contribution in [3.63, 3.8) is 0 Å². The van der Waals surface area contributed by atoms with E-state index < -0.39 is 144 Å². The number of benzene rings is 3. The van der Waals surface area contributed by atoms with Crippen molar-refractivity contribution >= 4 is 80.8 Å². The lowest BCUT2D eigenvalue weighted by Crippen LogP contribution is -2.60. The normalized spacial score (nSPS) is 27.5. The lowest BCUT2D eigenvalue weighted by Gasteiger charge is -2.50. The molecule has 0 bridgehead atoms. The predicted octanol–water partition coefficient (Wildman–Crippen LogP) is 8.51. The van der Waals surface area contributed by atoms with E-state index in [4.69, 9.17) is 27.9 Å². The fourth-order valence-corrected chi connectivity index (χ4v) is 9.74. The third-order valence-electron chi connectivity index (χ3n) is 10.7. The minimum atomic E-state index is -5.38. The van der Waals surface area contributed by atoms with Gasteiger partial charge >= 0.3 is 12.4 Å². The number of imide groups is 2. The molecule has 1 N–H and O–H groups in total. The highest BCUT2D eigenvalue weighted by molar-refractivity contribution is 14.1. The van der Waals surface area contributed by atoms with Crippen LogP contribution >= 0.6 is 45.8 Å². The Labute approximate surface area is 335 Å². The number of hydrogen-bond acceptors (Lipinski definition) is 6. The second kappa shape index (κ2) is 13.2. The number of rotatable bonds is 4. The van der Waals surface area contributed by atoms with E-state index in [-0.39, 0.29) is 43.6 Å². The van der Waals surface area contributed by atoms with Crippen LogP contribution in [0.25, 0.3) is 0 Å². The summed E-state index contributed by atoms with van der Waals surface area (Å²) in [4.78, 5) is 50.6. The minimum absolute atomic E-state index is 0.00416. The highest BCUT2D eigenvalue weighted by Gasteiger charge is 2.77. The summed E-state index contributed by atoms with van der Waals surface area (Å²) >= 11 is 15.7. The molecule has 0 spiro atoms. The molecule has 8 nitrogen and oxygen atoms in total. The number of carbonyl (C=O) groups is 4. The average Bonchev–Trinajstić information content (AvgIpc) is 3.48. The van der Waals surface area contributed by atoms with Gasteiger partial charge < -0.3 is 9.84 Å². The molecule has 3 fully saturated rings. The van der Waals surface area contributed by atoms with Crippen LogP contribution in [0.5, 0.6) is 11.5 Å². The van der Waals surface area contributed by atoms with Crippen LogP contribution in [0.2, 0.25) is 0 Å². The van der Waals surface area contributed by atoms with Crippen LogP contribution in [0.1, 0.15) is 35.4 Å². The number of nitrogens with zero attached hydrogens (tertiary/aromatic N) is 2. The Morgan fingerprint density at radius 3 is 1.84 bits per heavy atom. The number of phenols is 1. The topological polar surface area (TPSA) is 104 Å². The largest absolute Gasteiger partial charge is 0.504 e. The number of fused-ring (bicyclic) bond motifs is 4. The zero-order valence-corrected chi connectivity index (χ0v) is 31.5. The fraction of sp³-hybridized carbons (Fsp3) is 0.314. The van der Waals surface area contributed by atoms with Crippen LogP contribution < -0.4 is 14.5 Å². The van der Waals surface area contributed by atoms with Crippen LogP contribution in [0, 0.1) is 50.4 Å². The summed E-state index contributed by atoms with van der Waals surface area (Å²) in [6.45, 7) is 0. The standard InChI is InChI=1S/C35H18Cl2F11IN2O6/c1-57-18-5-10(4-17(49)27(18)52)20-14-2-3-15-19(29(54)50(28(15)53)13-7-11(34(43,44)45)6-12(8-13)35(46,47)48)16(14)9-32(36)30(55)51(31(56)33(20,32)37)26-24(41)22(39)21(38)23(40)25(26)42/h2,4-8,15-16,19-20,52H,3,9H2,1H3. The number of anilines is 2. The van der Waals surface area contributed by atoms with Gasteiger partial charge in [-0.3, -0.25) is 19.2 Å². The number of hydrogen-bond donors (Lipinski definition) is 1. The average molecular weight is 969 g/mol. The van der Waals surface area contributed by atoms with Crippen LogP contribution in [0.15, 0.2) is 42.0 Å². The van der Waals surface area contributed by atoms with E-state index in [1.807, 2.05) is 0 Å². The molecule has 2 aliphatic carbocycles. The van der Waals surface area contributed by atoms with Gasteiger partial charge in [0.05, 0.1) is 39.3 Å². The van der Waals surface area contributed by atoms with Gasteiger partial charge in [0.25, 0.3) is 11.8 Å². The number of aromatic hydroxyl groups is 1. The van der Waals surface area contributed by atoms with Gasteiger partial charge in [0.15, 0.2) is 44.5 Å². The Balaban J connectivity index is 1.44. The fourth-order valence-electron chi connectivity index (χ4n) is 8.18. The Morgan fingerprint density at radius 1 is 0.772 bits per heavy atom. The Hall–Kier alpha value is -4.18. The molecule has 2 aliphatic heterocycles. The van der Waals surface area contributed by atoms with Crippen LogP contribution in [0.4, 0.5) is 59.7 Å². The van der Waals surface area contributed by atoms with Crippen molar-refractivity contribution in [1.29, 1.82) is 0 Å². The third-order valence-corrected chi connectivity index (χ3v) is 12.9. The maximum absolute atomic E-state index is 15.3. The van der Waals surface area contributed by atoms with E-state index in [1.165, 1.54) is 12.1 Å². The number of allylic oxidation sites excluding steroid dienone is 2. The molecule has 2 saturated heterocycles. The molecule has 4 aliphatic rings. The number of amides is 4. The zero-order valence-electron chi connectivity index (χ0n) is 27.9. The molecule has 0 radical (unpaired) electrons. The van der Waals surface area contributed by atoms with Crippen molar-refractivity contribution in [1.82, 2.24) is 0 Å². The van der Waals surface area contributed by atoms with E-state index in [2.05, 4.69) is 0 Å². The summed E-state index contributed by atoms with van der Waals surface area (Å²) in [5, 5.41) is 10.6. The molecule has 6 unspecified atom stereocenters. The second-order valence-electron chi connectivity index (χ2n) is 13.5. The Bertz CT molecular complexity index is 2330. The van der Waals surface area contributed by atoms with Crippen molar-refractivity contribution in [3.05, 3.63) is 91.3 Å². The first-order chi connectivity index (χ1) is 26.3. The van der Waals surface area contributed by atoms with Gasteiger partial charge in [-0.05, 0) is 77.2 Å². The predicted molar refractivity (Wildman–Crippen MR) is 183 cm³/mol. The lowest BCUT2D eigenvalue weighted by molar-refractivity contribution is -0.143. The van der Waals surface area contributed by atoms with Crippen molar-refractivity contribution in [2.45, 2.75) is 40.9 Å². The summed E-state index contributed by atoms with van der Waals surface area (Å²) in [6, 6.07) is 2.36. The van der Waals surface area contributed by atoms with Gasteiger partial charge in [-0.2, -0.15) is 26.3 Å². The SMILES string of the molecule is COc1cc(C2C3=CCC4C(=O)N(c5cc(C(F)(F)F)cc(C(F)(F)F)c5)C(=O)C4C3CC3(Cl)C(=O)N(c4c(F)c(F)c(F)c(F)c4F)C(=O)C23Cl)cc(I)c1O. The van der Waals surface area contributed by atoms with Gasteiger partial charge in [0.2, 0.25) is 17.6 Å². The number of ether oxygens (including phenoxy) is 1. The number of alkyl halides is 8. The second-order valence-corrected chi connectivity index (χ2v) is 15.9.